The number of furan rings is 1. The molecule has 0 spiro atoms. The number of rotatable bonds is 5. The van der Waals surface area contributed by atoms with Crippen LogP contribution in [0.15, 0.2) is 144 Å². The molecule has 0 saturated carbocycles. The lowest BCUT2D eigenvalue weighted by molar-refractivity contribution is 0.654. The lowest BCUT2D eigenvalue weighted by Gasteiger charge is -2.16. The number of benzene rings is 5. The second-order valence-electron chi connectivity index (χ2n) is 12.8. The van der Waals surface area contributed by atoms with E-state index >= 15 is 0 Å². The van der Waals surface area contributed by atoms with Crippen LogP contribution in [0.2, 0.25) is 19.6 Å². The Bertz CT molecular complexity index is 2330. The molecule has 0 atom stereocenters. The van der Waals surface area contributed by atoms with Crippen molar-refractivity contribution in [3.63, 3.8) is 0 Å². The molecule has 0 aliphatic rings. The van der Waals surface area contributed by atoms with Crippen LogP contribution >= 0.6 is 0 Å². The fraction of sp³-hybridized carbons (Fsp3) is 0.0732. The molecule has 0 bridgehead atoms. The van der Waals surface area contributed by atoms with Crippen LogP contribution in [-0.4, -0.2) is 18.0 Å². The van der Waals surface area contributed by atoms with E-state index in [4.69, 9.17) is 9.40 Å². The first-order valence-electron chi connectivity index (χ1n) is 15.4. The van der Waals surface area contributed by atoms with Gasteiger partial charge in [0.2, 0.25) is 5.71 Å². The first-order chi connectivity index (χ1) is 21.9. The average molecular weight is 597 g/mol. The first-order valence-corrected chi connectivity index (χ1v) is 18.9. The van der Waals surface area contributed by atoms with Gasteiger partial charge in [0, 0.05) is 34.1 Å². The zero-order valence-electron chi connectivity index (χ0n) is 25.6. The summed E-state index contributed by atoms with van der Waals surface area (Å²) in [7, 11) is -1.29. The summed E-state index contributed by atoms with van der Waals surface area (Å²) in [6.07, 6.45) is 3.74. The molecule has 0 fully saturated rings. The van der Waals surface area contributed by atoms with Crippen LogP contribution in [0.3, 0.4) is 0 Å². The van der Waals surface area contributed by atoms with Crippen LogP contribution in [-0.2, 0) is 0 Å². The van der Waals surface area contributed by atoms with Gasteiger partial charge in [0.15, 0.2) is 0 Å². The van der Waals surface area contributed by atoms with Crippen LogP contribution in [0.1, 0.15) is 0 Å². The molecule has 0 radical (unpaired) electrons. The molecular weight excluding hydrogens is 565 g/mol. The quantitative estimate of drug-likeness (QED) is 0.186. The van der Waals surface area contributed by atoms with E-state index in [2.05, 4.69) is 140 Å². The molecule has 8 rings (SSSR count). The van der Waals surface area contributed by atoms with Crippen LogP contribution in [0.4, 0.5) is 0 Å². The molecule has 45 heavy (non-hydrogen) atoms. The molecule has 4 heteroatoms. The first kappa shape index (κ1) is 27.2. The molecule has 3 aromatic heterocycles. The minimum atomic E-state index is -1.29. The van der Waals surface area contributed by atoms with Crippen LogP contribution in [0, 0.1) is 0 Å². The summed E-state index contributed by atoms with van der Waals surface area (Å²) in [5.41, 5.74) is 11.9. The molecule has 5 aromatic carbocycles. The zero-order valence-corrected chi connectivity index (χ0v) is 26.6. The standard InChI is InChI=1S/C41H32N2OSi/c1-45(2,3)36-19-16-28(17-20-36)27-6-8-30(9-7-27)33-14-15-34-23-35(26-43-39(34)25-33)31-12-10-29(11-13-31)32-18-21-40-38(24-32)37-5-4-22-42-41(37)44-40/h4-26H,1-3H3. The Morgan fingerprint density at radius 3 is 1.71 bits per heavy atom. The predicted molar refractivity (Wildman–Crippen MR) is 192 cm³/mol. The van der Waals surface area contributed by atoms with Gasteiger partial charge in [0.1, 0.15) is 5.58 Å². The van der Waals surface area contributed by atoms with Gasteiger partial charge < -0.3 is 4.42 Å². The van der Waals surface area contributed by atoms with Gasteiger partial charge in [0.25, 0.3) is 0 Å². The lowest BCUT2D eigenvalue weighted by Crippen LogP contribution is -2.37. The summed E-state index contributed by atoms with van der Waals surface area (Å²) in [6, 6.07) is 45.8. The van der Waals surface area contributed by atoms with Gasteiger partial charge in [-0.2, -0.15) is 0 Å². The smallest absolute Gasteiger partial charge is 0.227 e. The van der Waals surface area contributed by atoms with Gasteiger partial charge in [-0.05, 0) is 75.3 Å². The van der Waals surface area contributed by atoms with Crippen LogP contribution in [0.25, 0.3) is 77.5 Å². The second-order valence-corrected chi connectivity index (χ2v) is 17.9. The maximum absolute atomic E-state index is 5.90. The Morgan fingerprint density at radius 2 is 1.04 bits per heavy atom. The van der Waals surface area contributed by atoms with Crippen molar-refractivity contribution in [2.45, 2.75) is 19.6 Å². The molecule has 3 heterocycles. The lowest BCUT2D eigenvalue weighted by atomic mass is 9.98. The average Bonchev–Trinajstić information content (AvgIpc) is 3.46. The van der Waals surface area contributed by atoms with Crippen molar-refractivity contribution in [2.75, 3.05) is 0 Å². The van der Waals surface area contributed by atoms with Crippen molar-refractivity contribution >= 4 is 46.2 Å². The molecule has 0 aliphatic heterocycles. The summed E-state index contributed by atoms with van der Waals surface area (Å²) >= 11 is 0. The Hall–Kier alpha value is -5.32. The summed E-state index contributed by atoms with van der Waals surface area (Å²) in [5.74, 6) is 0. The summed E-state index contributed by atoms with van der Waals surface area (Å²) in [6.45, 7) is 7.16. The largest absolute Gasteiger partial charge is 0.438 e. The highest BCUT2D eigenvalue weighted by molar-refractivity contribution is 6.88. The molecule has 0 unspecified atom stereocenters. The number of aromatic nitrogens is 2. The van der Waals surface area contributed by atoms with E-state index in [-0.39, 0.29) is 0 Å². The fourth-order valence-electron chi connectivity index (χ4n) is 6.12. The van der Waals surface area contributed by atoms with Gasteiger partial charge in [0.05, 0.1) is 13.6 Å². The van der Waals surface area contributed by atoms with Gasteiger partial charge in [-0.25, -0.2) is 4.98 Å². The normalized spacial score (nSPS) is 11.9. The van der Waals surface area contributed by atoms with E-state index in [1.165, 1.54) is 27.4 Å². The number of pyridine rings is 2. The van der Waals surface area contributed by atoms with Crippen molar-refractivity contribution < 1.29 is 4.42 Å². The van der Waals surface area contributed by atoms with Gasteiger partial charge in [-0.15, -0.1) is 0 Å². The highest BCUT2D eigenvalue weighted by Gasteiger charge is 2.16. The second kappa shape index (κ2) is 10.7. The van der Waals surface area contributed by atoms with Gasteiger partial charge in [-0.1, -0.05) is 116 Å². The van der Waals surface area contributed by atoms with Crippen molar-refractivity contribution in [2.24, 2.45) is 0 Å². The maximum atomic E-state index is 5.90. The van der Waals surface area contributed by atoms with E-state index in [0.717, 1.165) is 49.5 Å². The topological polar surface area (TPSA) is 38.9 Å². The minimum Gasteiger partial charge on any atom is -0.438 e. The Balaban J connectivity index is 1.02. The fourth-order valence-corrected chi connectivity index (χ4v) is 7.29. The van der Waals surface area contributed by atoms with Gasteiger partial charge in [-0.3, -0.25) is 4.98 Å². The highest BCUT2D eigenvalue weighted by Crippen LogP contribution is 2.33. The maximum Gasteiger partial charge on any atom is 0.227 e. The van der Waals surface area contributed by atoms with Crippen LogP contribution in [0.5, 0.6) is 0 Å². The number of hydrogen-bond donors (Lipinski definition) is 0. The Labute approximate surface area is 263 Å². The third-order valence-corrected chi connectivity index (χ3v) is 10.9. The van der Waals surface area contributed by atoms with Crippen molar-refractivity contribution in [1.82, 2.24) is 9.97 Å². The molecule has 0 N–H and O–H groups in total. The molecule has 8 aromatic rings. The third-order valence-electron chi connectivity index (χ3n) is 8.79. The molecule has 3 nitrogen and oxygen atoms in total. The van der Waals surface area contributed by atoms with E-state index in [9.17, 15) is 0 Å². The highest BCUT2D eigenvalue weighted by atomic mass is 28.3. The zero-order chi connectivity index (χ0) is 30.5. The Morgan fingerprint density at radius 1 is 0.489 bits per heavy atom. The predicted octanol–water partition coefficient (Wildman–Crippen LogP) is 10.7. The number of fused-ring (bicyclic) bond motifs is 4. The molecule has 0 amide bonds. The van der Waals surface area contributed by atoms with Crippen molar-refractivity contribution in [1.29, 1.82) is 0 Å². The minimum absolute atomic E-state index is 0.674. The molecule has 216 valence electrons. The molecule has 0 saturated heterocycles. The van der Waals surface area contributed by atoms with Crippen LogP contribution < -0.4 is 5.19 Å². The van der Waals surface area contributed by atoms with E-state index < -0.39 is 8.07 Å². The molecule has 0 aliphatic carbocycles. The van der Waals surface area contributed by atoms with Gasteiger partial charge >= 0.3 is 0 Å². The monoisotopic (exact) mass is 596 g/mol. The number of hydrogen-bond acceptors (Lipinski definition) is 3. The summed E-state index contributed by atoms with van der Waals surface area (Å²) in [4.78, 5) is 9.22. The third kappa shape index (κ3) is 5.13. The van der Waals surface area contributed by atoms with E-state index in [0.29, 0.717) is 5.71 Å². The van der Waals surface area contributed by atoms with E-state index in [1.807, 2.05) is 18.3 Å². The van der Waals surface area contributed by atoms with E-state index in [1.54, 1.807) is 6.20 Å². The van der Waals surface area contributed by atoms with Crippen molar-refractivity contribution in [3.05, 3.63) is 140 Å². The summed E-state index contributed by atoms with van der Waals surface area (Å²) in [5, 5.41) is 4.74. The summed E-state index contributed by atoms with van der Waals surface area (Å²) < 4.78 is 5.90. The molecular formula is C41H32N2OSi. The SMILES string of the molecule is C[Si](C)(C)c1ccc(-c2ccc(-c3ccc4cc(-c5ccc(-c6ccc7oc8ncccc8c7c6)cc5)cnc4c3)cc2)cc1. The Kier molecular flexibility index (Phi) is 6.47. The number of nitrogens with zero attached hydrogens (tertiary/aromatic N) is 2. The van der Waals surface area contributed by atoms with Crippen molar-refractivity contribution in [3.8, 4) is 44.5 Å².